The molecule has 31 heavy (non-hydrogen) atoms. The van der Waals surface area contributed by atoms with Crippen LogP contribution < -0.4 is 15.5 Å². The van der Waals surface area contributed by atoms with Crippen LogP contribution in [0.2, 0.25) is 0 Å². The second kappa shape index (κ2) is 8.46. The molecule has 10 heteroatoms. The van der Waals surface area contributed by atoms with Crippen molar-refractivity contribution in [3.8, 4) is 0 Å². The lowest BCUT2D eigenvalue weighted by molar-refractivity contribution is 0.172. The van der Waals surface area contributed by atoms with E-state index in [4.69, 9.17) is 0 Å². The topological polar surface area (TPSA) is 91.1 Å². The quantitative estimate of drug-likeness (QED) is 0.555. The maximum atomic E-state index is 13.3. The summed E-state index contributed by atoms with van der Waals surface area (Å²) < 4.78 is 28.4. The van der Waals surface area contributed by atoms with Crippen molar-refractivity contribution in [2.75, 3.05) is 22.6 Å². The molecule has 1 aromatic carbocycles. The molecule has 3 heterocycles. The Balaban J connectivity index is 1.39. The Labute approximate surface area is 178 Å². The van der Waals surface area contributed by atoms with Crippen LogP contribution in [0.15, 0.2) is 30.6 Å². The van der Waals surface area contributed by atoms with E-state index in [1.54, 1.807) is 10.9 Å². The van der Waals surface area contributed by atoms with Gasteiger partial charge in [0, 0.05) is 38.0 Å². The van der Waals surface area contributed by atoms with Crippen LogP contribution in [0.3, 0.4) is 0 Å². The van der Waals surface area contributed by atoms with Crippen molar-refractivity contribution in [2.24, 2.45) is 0 Å². The number of anilines is 3. The Morgan fingerprint density at radius 2 is 1.90 bits per heavy atom. The molecule has 2 aromatic heterocycles. The highest BCUT2D eigenvalue weighted by Crippen LogP contribution is 2.33. The van der Waals surface area contributed by atoms with Crippen molar-refractivity contribution >= 4 is 17.5 Å². The van der Waals surface area contributed by atoms with Gasteiger partial charge in [0.25, 0.3) is 0 Å². The minimum Gasteiger partial charge on any atom is -0.372 e. The van der Waals surface area contributed by atoms with E-state index in [0.717, 1.165) is 28.8 Å². The molecular formula is C21H25F2N7O. The highest BCUT2D eigenvalue weighted by molar-refractivity contribution is 5.72. The Kier molecular flexibility index (Phi) is 5.73. The third-order valence-corrected chi connectivity index (χ3v) is 5.45. The van der Waals surface area contributed by atoms with Gasteiger partial charge in [-0.15, -0.1) is 0 Å². The summed E-state index contributed by atoms with van der Waals surface area (Å²) in [5.74, 6) is 0.0539. The van der Waals surface area contributed by atoms with Crippen LogP contribution in [-0.4, -0.2) is 44.2 Å². The summed E-state index contributed by atoms with van der Waals surface area (Å²) in [6.07, 6.45) is 3.39. The summed E-state index contributed by atoms with van der Waals surface area (Å²) in [5, 5.41) is 20.7. The van der Waals surface area contributed by atoms with Crippen molar-refractivity contribution < 1.29 is 13.9 Å². The zero-order chi connectivity index (χ0) is 22.1. The van der Waals surface area contributed by atoms with Gasteiger partial charge in [-0.05, 0) is 38.0 Å². The monoisotopic (exact) mass is 429 g/mol. The first-order valence-electron chi connectivity index (χ1n) is 10.1. The fourth-order valence-electron chi connectivity index (χ4n) is 3.53. The summed E-state index contributed by atoms with van der Waals surface area (Å²) in [6.45, 7) is 4.76. The number of nitrogens with one attached hydrogen (secondary N) is 2. The number of aryl methyl sites for hydroxylation is 3. The molecule has 0 fully saturated rings. The van der Waals surface area contributed by atoms with Gasteiger partial charge >= 0.3 is 0 Å². The normalized spacial score (nSPS) is 17.9. The number of hydrogen-bond acceptors (Lipinski definition) is 7. The predicted molar refractivity (Wildman–Crippen MR) is 114 cm³/mol. The number of hydrogen-bond donors (Lipinski definition) is 3. The maximum Gasteiger partial charge on any atom is 0.225 e. The summed E-state index contributed by atoms with van der Waals surface area (Å²) >= 11 is 0. The van der Waals surface area contributed by atoms with Gasteiger partial charge in [0.05, 0.1) is 17.9 Å². The van der Waals surface area contributed by atoms with E-state index in [-0.39, 0.29) is 6.04 Å². The molecule has 3 N–H and O–H groups in total. The van der Waals surface area contributed by atoms with E-state index >= 15 is 0 Å². The van der Waals surface area contributed by atoms with Crippen LogP contribution in [0.5, 0.6) is 0 Å². The number of nitrogens with zero attached hydrogens (tertiary/aromatic N) is 5. The van der Waals surface area contributed by atoms with Crippen molar-refractivity contribution in [3.63, 3.8) is 0 Å². The lowest BCUT2D eigenvalue weighted by atomic mass is 10.1. The number of aliphatic hydroxyl groups is 1. The van der Waals surface area contributed by atoms with Crippen LogP contribution in [0.4, 0.5) is 26.2 Å². The zero-order valence-corrected chi connectivity index (χ0v) is 17.6. The summed E-state index contributed by atoms with van der Waals surface area (Å²) in [4.78, 5) is 11.0. The third-order valence-electron chi connectivity index (χ3n) is 5.45. The average molecular weight is 429 g/mol. The average Bonchev–Trinajstić information content (AvgIpc) is 3.17. The van der Waals surface area contributed by atoms with Gasteiger partial charge < -0.3 is 20.6 Å². The number of aliphatic hydroxyl groups excluding tert-OH is 1. The van der Waals surface area contributed by atoms with Crippen molar-refractivity contribution in [3.05, 3.63) is 59.0 Å². The summed E-state index contributed by atoms with van der Waals surface area (Å²) in [6, 6.07) is 3.40. The number of likely N-dealkylation sites (N-methyl/N-ethyl adjacent to an activating group) is 1. The van der Waals surface area contributed by atoms with Gasteiger partial charge in [0.15, 0.2) is 5.82 Å². The van der Waals surface area contributed by atoms with Gasteiger partial charge in [0.1, 0.15) is 23.5 Å². The number of aromatic nitrogens is 4. The predicted octanol–water partition coefficient (Wildman–Crippen LogP) is 2.68. The standard InChI is InChI=1S/C21H25F2N7O/c1-12-18-19(29(3)13(2)20(31)27-18)28-21(26-12)24-9-15-10-25-30(11-15)5-4-14-6-16(22)8-17(23)7-14/h6-8,10-11,13,20,27,31H,4-5,9H2,1-3H3,(H,24,26,28)/t13-,20?/m0/s1. The smallest absolute Gasteiger partial charge is 0.225 e. The fourth-order valence-corrected chi connectivity index (χ4v) is 3.53. The van der Waals surface area contributed by atoms with Crippen LogP contribution in [0, 0.1) is 18.6 Å². The summed E-state index contributed by atoms with van der Waals surface area (Å²) in [7, 11) is 1.89. The minimum absolute atomic E-state index is 0.126. The first-order chi connectivity index (χ1) is 14.8. The van der Waals surface area contributed by atoms with Gasteiger partial charge in [-0.25, -0.2) is 13.8 Å². The molecule has 0 bridgehead atoms. The highest BCUT2D eigenvalue weighted by atomic mass is 19.1. The molecule has 0 saturated carbocycles. The van der Waals surface area contributed by atoms with E-state index in [1.807, 2.05) is 32.0 Å². The molecule has 0 amide bonds. The first kappa shape index (κ1) is 21.0. The number of fused-ring (bicyclic) bond motifs is 1. The van der Waals surface area contributed by atoms with Gasteiger partial charge in [-0.1, -0.05) is 0 Å². The third kappa shape index (κ3) is 4.58. The van der Waals surface area contributed by atoms with Crippen LogP contribution in [-0.2, 0) is 19.5 Å². The minimum atomic E-state index is -0.687. The second-order valence-electron chi connectivity index (χ2n) is 7.76. The van der Waals surface area contributed by atoms with Crippen molar-refractivity contribution in [1.29, 1.82) is 0 Å². The van der Waals surface area contributed by atoms with Gasteiger partial charge in [-0.2, -0.15) is 10.1 Å². The van der Waals surface area contributed by atoms with E-state index in [0.29, 0.717) is 31.0 Å². The lowest BCUT2D eigenvalue weighted by Gasteiger charge is -2.37. The first-order valence-corrected chi connectivity index (χ1v) is 10.1. The Hall–Kier alpha value is -3.27. The molecule has 3 aromatic rings. The molecule has 4 rings (SSSR count). The van der Waals surface area contributed by atoms with E-state index in [2.05, 4.69) is 25.7 Å². The van der Waals surface area contributed by atoms with Crippen LogP contribution >= 0.6 is 0 Å². The molecule has 164 valence electrons. The molecular weight excluding hydrogens is 404 g/mol. The van der Waals surface area contributed by atoms with E-state index in [1.165, 1.54) is 12.1 Å². The molecule has 0 aliphatic carbocycles. The van der Waals surface area contributed by atoms with Crippen molar-refractivity contribution in [2.45, 2.75) is 45.6 Å². The van der Waals surface area contributed by atoms with Gasteiger partial charge in [-0.3, -0.25) is 4.68 Å². The Morgan fingerprint density at radius 3 is 2.65 bits per heavy atom. The fraction of sp³-hybridized carbons (Fsp3) is 0.381. The largest absolute Gasteiger partial charge is 0.372 e. The Morgan fingerprint density at radius 1 is 1.16 bits per heavy atom. The van der Waals surface area contributed by atoms with E-state index < -0.39 is 17.9 Å². The maximum absolute atomic E-state index is 13.3. The molecule has 2 atom stereocenters. The molecule has 0 saturated heterocycles. The number of rotatable bonds is 6. The van der Waals surface area contributed by atoms with Crippen LogP contribution in [0.25, 0.3) is 0 Å². The molecule has 0 radical (unpaired) electrons. The highest BCUT2D eigenvalue weighted by Gasteiger charge is 2.30. The van der Waals surface area contributed by atoms with E-state index in [9.17, 15) is 13.9 Å². The number of halogens is 2. The van der Waals surface area contributed by atoms with Crippen molar-refractivity contribution in [1.82, 2.24) is 19.7 Å². The molecule has 1 unspecified atom stereocenters. The molecule has 8 nitrogen and oxygen atoms in total. The zero-order valence-electron chi connectivity index (χ0n) is 17.6. The Bertz CT molecular complexity index is 1070. The molecule has 0 spiro atoms. The summed E-state index contributed by atoms with van der Waals surface area (Å²) in [5.41, 5.74) is 2.98. The molecule has 1 aliphatic rings. The SMILES string of the molecule is Cc1nc(NCc2cnn(CCc3cc(F)cc(F)c3)c2)nc2c1NC(O)[C@H](C)N2C. The second-order valence-corrected chi connectivity index (χ2v) is 7.76. The molecule has 1 aliphatic heterocycles. The number of benzene rings is 1. The van der Waals surface area contributed by atoms with Crippen LogP contribution in [0.1, 0.15) is 23.7 Å². The van der Waals surface area contributed by atoms with Gasteiger partial charge in [0.2, 0.25) is 5.95 Å². The lowest BCUT2D eigenvalue weighted by Crippen LogP contribution is -2.48.